The number of carbonyl (C=O) groups excluding carboxylic acids is 1. The number of nitrogens with one attached hydrogen (secondary N) is 1. The van der Waals surface area contributed by atoms with Gasteiger partial charge in [0.1, 0.15) is 11.6 Å². The second-order valence-corrected chi connectivity index (χ2v) is 9.03. The molecule has 0 spiro atoms. The normalized spacial score (nSPS) is 19.7. The van der Waals surface area contributed by atoms with E-state index in [1.54, 1.807) is 16.8 Å². The van der Waals surface area contributed by atoms with Crippen LogP contribution in [0, 0.1) is 11.7 Å². The van der Waals surface area contributed by atoms with Gasteiger partial charge < -0.3 is 9.88 Å². The summed E-state index contributed by atoms with van der Waals surface area (Å²) in [5.41, 5.74) is 1.09. The number of hydrogen-bond acceptors (Lipinski definition) is 5. The van der Waals surface area contributed by atoms with Crippen LogP contribution in [0.3, 0.4) is 0 Å². The smallest absolute Gasteiger partial charge is 0.281 e. The van der Waals surface area contributed by atoms with Gasteiger partial charge in [0.2, 0.25) is 5.91 Å². The van der Waals surface area contributed by atoms with Crippen LogP contribution in [0.25, 0.3) is 11.2 Å². The molecule has 3 heterocycles. The van der Waals surface area contributed by atoms with Gasteiger partial charge in [-0.1, -0.05) is 30.2 Å². The summed E-state index contributed by atoms with van der Waals surface area (Å²) < 4.78 is 14.8. The number of aromatic amines is 1. The van der Waals surface area contributed by atoms with Crippen LogP contribution in [-0.4, -0.2) is 48.9 Å². The largest absolute Gasteiger partial charge is 0.342 e. The van der Waals surface area contributed by atoms with E-state index in [0.717, 1.165) is 37.8 Å². The Morgan fingerprint density at radius 1 is 1.12 bits per heavy atom. The van der Waals surface area contributed by atoms with Gasteiger partial charge in [-0.25, -0.2) is 14.1 Å². The van der Waals surface area contributed by atoms with Crippen molar-refractivity contribution in [1.29, 1.82) is 0 Å². The Bertz CT molecular complexity index is 1170. The summed E-state index contributed by atoms with van der Waals surface area (Å²) in [6.07, 6.45) is 7.14. The Morgan fingerprint density at radius 2 is 1.91 bits per heavy atom. The van der Waals surface area contributed by atoms with Crippen molar-refractivity contribution in [1.82, 2.24) is 29.9 Å². The van der Waals surface area contributed by atoms with Crippen LogP contribution in [0.1, 0.15) is 62.3 Å². The molecular weight excluding hydrogens is 411 g/mol. The van der Waals surface area contributed by atoms with Crippen molar-refractivity contribution in [3.63, 3.8) is 0 Å². The predicted octanol–water partition coefficient (Wildman–Crippen LogP) is 2.99. The van der Waals surface area contributed by atoms with E-state index in [9.17, 15) is 14.0 Å². The summed E-state index contributed by atoms with van der Waals surface area (Å²) in [5, 5.41) is 8.07. The van der Waals surface area contributed by atoms with Crippen LogP contribution in [-0.2, 0) is 11.3 Å². The molecule has 1 aliphatic heterocycles. The number of carbonyl (C=O) groups is 1. The van der Waals surface area contributed by atoms with Crippen LogP contribution >= 0.6 is 0 Å². The Labute approximate surface area is 184 Å². The first kappa shape index (κ1) is 20.8. The van der Waals surface area contributed by atoms with Crippen LogP contribution in [0.5, 0.6) is 0 Å². The molecule has 0 radical (unpaired) electrons. The highest BCUT2D eigenvalue weighted by molar-refractivity contribution is 5.76. The first-order chi connectivity index (χ1) is 15.6. The lowest BCUT2D eigenvalue weighted by Gasteiger charge is -2.33. The standard InChI is InChI=1S/C23H27FN6O2/c24-18-9-7-16(8-10-18)13-30-22-20(27-28-30)23(32)26-21(25-22)17-6-3-11-29(14-17)19(31)12-15-4-1-2-5-15/h7-10,15,17H,1-6,11-14H2,(H,25,26,32)/t17-/m0/s1. The average Bonchev–Trinajstić information content (AvgIpc) is 3.46. The van der Waals surface area contributed by atoms with E-state index >= 15 is 0 Å². The molecule has 1 saturated carbocycles. The zero-order valence-corrected chi connectivity index (χ0v) is 18.0. The number of H-pyrrole nitrogens is 1. The average molecular weight is 439 g/mol. The topological polar surface area (TPSA) is 96.8 Å². The zero-order chi connectivity index (χ0) is 22.1. The molecule has 168 valence electrons. The molecular formula is C23H27FN6O2. The van der Waals surface area contributed by atoms with Crippen LogP contribution < -0.4 is 5.56 Å². The predicted molar refractivity (Wildman–Crippen MR) is 117 cm³/mol. The molecule has 1 amide bonds. The summed E-state index contributed by atoms with van der Waals surface area (Å²) in [6, 6.07) is 6.12. The summed E-state index contributed by atoms with van der Waals surface area (Å²) in [7, 11) is 0. The maximum Gasteiger partial charge on any atom is 0.281 e. The molecule has 3 aromatic rings. The minimum absolute atomic E-state index is 0.0254. The third-order valence-electron chi connectivity index (χ3n) is 6.74. The van der Waals surface area contributed by atoms with Gasteiger partial charge in [0.25, 0.3) is 5.56 Å². The second-order valence-electron chi connectivity index (χ2n) is 9.03. The summed E-state index contributed by atoms with van der Waals surface area (Å²) >= 11 is 0. The Hall–Kier alpha value is -3.10. The van der Waals surface area contributed by atoms with Crippen LogP contribution in [0.15, 0.2) is 29.1 Å². The molecule has 1 aliphatic carbocycles. The molecule has 2 aliphatic rings. The van der Waals surface area contributed by atoms with E-state index in [0.29, 0.717) is 36.9 Å². The van der Waals surface area contributed by atoms with Gasteiger partial charge in [0.15, 0.2) is 11.2 Å². The van der Waals surface area contributed by atoms with Crippen molar-refractivity contribution in [3.8, 4) is 0 Å². The van der Waals surface area contributed by atoms with E-state index in [1.165, 1.54) is 25.0 Å². The summed E-state index contributed by atoms with van der Waals surface area (Å²) in [5.74, 6) is 0.974. The van der Waals surface area contributed by atoms with Gasteiger partial charge in [0.05, 0.1) is 6.54 Å². The Balaban J connectivity index is 1.36. The van der Waals surface area contributed by atoms with Gasteiger partial charge in [-0.15, -0.1) is 5.10 Å². The molecule has 2 fully saturated rings. The van der Waals surface area contributed by atoms with Crippen molar-refractivity contribution < 1.29 is 9.18 Å². The minimum atomic E-state index is -0.329. The minimum Gasteiger partial charge on any atom is -0.342 e. The molecule has 9 heteroatoms. The molecule has 5 rings (SSSR count). The SMILES string of the molecule is O=C(CC1CCCC1)N1CCC[C@H](c2nc3c(nnn3Cc3ccc(F)cc3)c(=O)[nH]2)C1. The fraction of sp³-hybridized carbons (Fsp3) is 0.522. The molecule has 1 atom stereocenters. The lowest BCUT2D eigenvalue weighted by molar-refractivity contribution is -0.133. The third kappa shape index (κ3) is 4.28. The Morgan fingerprint density at radius 3 is 2.69 bits per heavy atom. The van der Waals surface area contributed by atoms with Crippen LogP contribution in [0.4, 0.5) is 4.39 Å². The van der Waals surface area contributed by atoms with Gasteiger partial charge in [-0.05, 0) is 49.3 Å². The van der Waals surface area contributed by atoms with E-state index in [-0.39, 0.29) is 28.7 Å². The number of hydrogen-bond donors (Lipinski definition) is 1. The zero-order valence-electron chi connectivity index (χ0n) is 18.0. The lowest BCUT2D eigenvalue weighted by Crippen LogP contribution is -2.40. The number of fused-ring (bicyclic) bond motifs is 1. The molecule has 1 saturated heterocycles. The number of benzene rings is 1. The number of nitrogens with zero attached hydrogens (tertiary/aromatic N) is 5. The van der Waals surface area contributed by atoms with Crippen molar-refractivity contribution in [2.24, 2.45) is 5.92 Å². The number of aromatic nitrogens is 5. The monoisotopic (exact) mass is 438 g/mol. The first-order valence-electron chi connectivity index (χ1n) is 11.4. The Kier molecular flexibility index (Phi) is 5.71. The second kappa shape index (κ2) is 8.80. The fourth-order valence-corrected chi connectivity index (χ4v) is 4.96. The summed E-state index contributed by atoms with van der Waals surface area (Å²) in [4.78, 5) is 35.0. The number of piperidine rings is 1. The van der Waals surface area contributed by atoms with E-state index in [1.807, 2.05) is 4.90 Å². The van der Waals surface area contributed by atoms with Crippen molar-refractivity contribution in [2.45, 2.75) is 57.4 Å². The van der Waals surface area contributed by atoms with Gasteiger partial charge in [0, 0.05) is 25.4 Å². The first-order valence-corrected chi connectivity index (χ1v) is 11.4. The molecule has 8 nitrogen and oxygen atoms in total. The van der Waals surface area contributed by atoms with Gasteiger partial charge in [-0.3, -0.25) is 9.59 Å². The number of rotatable bonds is 5. The van der Waals surface area contributed by atoms with E-state index < -0.39 is 0 Å². The number of amides is 1. The fourth-order valence-electron chi connectivity index (χ4n) is 4.96. The molecule has 1 N–H and O–H groups in total. The molecule has 2 aromatic heterocycles. The third-order valence-corrected chi connectivity index (χ3v) is 6.74. The van der Waals surface area contributed by atoms with Crippen molar-refractivity contribution >= 4 is 17.1 Å². The van der Waals surface area contributed by atoms with E-state index in [4.69, 9.17) is 4.98 Å². The maximum atomic E-state index is 13.2. The van der Waals surface area contributed by atoms with Crippen LogP contribution in [0.2, 0.25) is 0 Å². The highest BCUT2D eigenvalue weighted by Crippen LogP contribution is 2.30. The van der Waals surface area contributed by atoms with Crippen molar-refractivity contribution in [2.75, 3.05) is 13.1 Å². The van der Waals surface area contributed by atoms with E-state index in [2.05, 4.69) is 15.3 Å². The number of likely N-dealkylation sites (tertiary alicyclic amines) is 1. The quantitative estimate of drug-likeness (QED) is 0.661. The molecule has 1 aromatic carbocycles. The van der Waals surface area contributed by atoms with Gasteiger partial charge in [-0.2, -0.15) is 0 Å². The molecule has 0 unspecified atom stereocenters. The maximum absolute atomic E-state index is 13.2. The highest BCUT2D eigenvalue weighted by Gasteiger charge is 2.29. The lowest BCUT2D eigenvalue weighted by atomic mass is 9.95. The summed E-state index contributed by atoms with van der Waals surface area (Å²) in [6.45, 7) is 1.67. The molecule has 32 heavy (non-hydrogen) atoms. The highest BCUT2D eigenvalue weighted by atomic mass is 19.1. The number of halogens is 1. The van der Waals surface area contributed by atoms with Crippen molar-refractivity contribution in [3.05, 3.63) is 51.8 Å². The van der Waals surface area contributed by atoms with Gasteiger partial charge >= 0.3 is 0 Å². The molecule has 0 bridgehead atoms.